The Morgan fingerprint density at radius 1 is 1.47 bits per heavy atom. The van der Waals surface area contributed by atoms with Crippen molar-refractivity contribution in [1.82, 2.24) is 4.98 Å². The summed E-state index contributed by atoms with van der Waals surface area (Å²) >= 11 is 0. The zero-order valence-corrected chi connectivity index (χ0v) is 9.79. The van der Waals surface area contributed by atoms with Gasteiger partial charge in [0.15, 0.2) is 0 Å². The van der Waals surface area contributed by atoms with E-state index in [9.17, 15) is 9.90 Å². The molecule has 0 bridgehead atoms. The summed E-state index contributed by atoms with van der Waals surface area (Å²) in [5, 5.41) is 10.2. The third-order valence-electron chi connectivity index (χ3n) is 2.99. The van der Waals surface area contributed by atoms with Crippen LogP contribution >= 0.6 is 0 Å². The Kier molecular flexibility index (Phi) is 3.15. The minimum absolute atomic E-state index is 0.336. The van der Waals surface area contributed by atoms with Crippen molar-refractivity contribution < 1.29 is 9.90 Å². The quantitative estimate of drug-likeness (QED) is 0.753. The first kappa shape index (κ1) is 11.7. The Balaban J connectivity index is 2.69. The number of aryl methyl sites for hydroxylation is 1. The Bertz CT molecular complexity index is 558. The van der Waals surface area contributed by atoms with Gasteiger partial charge in [-0.1, -0.05) is 6.92 Å². The van der Waals surface area contributed by atoms with Gasteiger partial charge in [0.1, 0.15) is 0 Å². The molecule has 0 saturated carbocycles. The molecule has 90 valence electrons. The van der Waals surface area contributed by atoms with E-state index in [2.05, 4.69) is 4.98 Å². The first-order valence-electron chi connectivity index (χ1n) is 5.73. The number of aromatic nitrogens is 1. The molecule has 2 rings (SSSR count). The van der Waals surface area contributed by atoms with Crippen molar-refractivity contribution in [3.8, 4) is 0 Å². The van der Waals surface area contributed by atoms with Gasteiger partial charge in [0.2, 0.25) is 0 Å². The zero-order valence-electron chi connectivity index (χ0n) is 9.79. The molecule has 0 amide bonds. The molecule has 4 heteroatoms. The molecule has 1 aromatic heterocycles. The second kappa shape index (κ2) is 4.59. The van der Waals surface area contributed by atoms with Crippen LogP contribution in [0.5, 0.6) is 0 Å². The summed E-state index contributed by atoms with van der Waals surface area (Å²) < 4.78 is 0. The number of carbonyl (C=O) groups is 1. The van der Waals surface area contributed by atoms with Crippen molar-refractivity contribution in [3.05, 3.63) is 35.0 Å². The number of benzene rings is 1. The highest BCUT2D eigenvalue weighted by Gasteiger charge is 2.13. The number of aromatic carboxylic acids is 1. The lowest BCUT2D eigenvalue weighted by atomic mass is 10.0. The first-order chi connectivity index (χ1) is 8.17. The minimum Gasteiger partial charge on any atom is -0.478 e. The van der Waals surface area contributed by atoms with E-state index in [0.29, 0.717) is 17.6 Å². The van der Waals surface area contributed by atoms with Gasteiger partial charge in [-0.3, -0.25) is 0 Å². The van der Waals surface area contributed by atoms with Gasteiger partial charge in [-0.05, 0) is 42.6 Å². The Hall–Kier alpha value is -1.81. The van der Waals surface area contributed by atoms with E-state index >= 15 is 0 Å². The normalized spacial score (nSPS) is 10.9. The molecular weight excluding hydrogens is 216 g/mol. The molecule has 0 radical (unpaired) electrons. The van der Waals surface area contributed by atoms with Gasteiger partial charge in [0.25, 0.3) is 0 Å². The van der Waals surface area contributed by atoms with E-state index in [4.69, 9.17) is 5.73 Å². The van der Waals surface area contributed by atoms with Crippen LogP contribution in [0, 0.1) is 0 Å². The number of aromatic amines is 1. The summed E-state index contributed by atoms with van der Waals surface area (Å²) in [5.41, 5.74) is 8.70. The number of hydrogen-bond acceptors (Lipinski definition) is 2. The molecule has 0 spiro atoms. The Morgan fingerprint density at radius 2 is 2.24 bits per heavy atom. The van der Waals surface area contributed by atoms with Gasteiger partial charge < -0.3 is 15.8 Å². The highest BCUT2D eigenvalue weighted by atomic mass is 16.4. The summed E-state index contributed by atoms with van der Waals surface area (Å²) in [4.78, 5) is 14.2. The van der Waals surface area contributed by atoms with Crippen LogP contribution in [-0.4, -0.2) is 22.6 Å². The third kappa shape index (κ3) is 2.03. The maximum absolute atomic E-state index is 11.2. The van der Waals surface area contributed by atoms with Crippen molar-refractivity contribution in [2.24, 2.45) is 5.73 Å². The maximum Gasteiger partial charge on any atom is 0.337 e. The van der Waals surface area contributed by atoms with E-state index in [1.807, 2.05) is 19.2 Å². The molecule has 0 aliphatic carbocycles. The van der Waals surface area contributed by atoms with Crippen molar-refractivity contribution in [1.29, 1.82) is 0 Å². The molecule has 2 aromatic rings. The topological polar surface area (TPSA) is 79.1 Å². The number of rotatable bonds is 4. The molecule has 0 aliphatic heterocycles. The van der Waals surface area contributed by atoms with Crippen LogP contribution in [0.25, 0.3) is 10.9 Å². The van der Waals surface area contributed by atoms with Crippen LogP contribution in [0.2, 0.25) is 0 Å². The summed E-state index contributed by atoms with van der Waals surface area (Å²) in [6.07, 6.45) is 3.43. The van der Waals surface area contributed by atoms with Crippen molar-refractivity contribution >= 4 is 16.9 Å². The van der Waals surface area contributed by atoms with E-state index < -0.39 is 5.97 Å². The third-order valence-corrected chi connectivity index (χ3v) is 2.99. The van der Waals surface area contributed by atoms with Gasteiger partial charge in [0, 0.05) is 11.6 Å². The maximum atomic E-state index is 11.2. The average Bonchev–Trinajstić information content (AvgIpc) is 2.71. The van der Waals surface area contributed by atoms with Crippen LogP contribution in [0.1, 0.15) is 28.4 Å². The van der Waals surface area contributed by atoms with Crippen molar-refractivity contribution in [3.63, 3.8) is 0 Å². The standard InChI is InChI=1S/C13H16N2O2/c1-2-8-5-10-9(3-4-14)7-15-12(10)11(6-8)13(16)17/h5-7,15H,2-4,14H2,1H3,(H,16,17). The van der Waals surface area contributed by atoms with Crippen LogP contribution in [0.4, 0.5) is 0 Å². The molecule has 0 atom stereocenters. The van der Waals surface area contributed by atoms with Gasteiger partial charge in [-0.15, -0.1) is 0 Å². The van der Waals surface area contributed by atoms with E-state index in [1.54, 1.807) is 6.07 Å². The monoisotopic (exact) mass is 232 g/mol. The van der Waals surface area contributed by atoms with Crippen LogP contribution in [0.15, 0.2) is 18.3 Å². The Morgan fingerprint density at radius 3 is 2.82 bits per heavy atom. The van der Waals surface area contributed by atoms with Gasteiger partial charge in [-0.25, -0.2) is 4.79 Å². The SMILES string of the molecule is CCc1cc(C(=O)O)c2[nH]cc(CCN)c2c1. The number of nitrogens with two attached hydrogens (primary N) is 1. The molecule has 4 nitrogen and oxygen atoms in total. The minimum atomic E-state index is -0.897. The van der Waals surface area contributed by atoms with Crippen LogP contribution in [-0.2, 0) is 12.8 Å². The molecule has 1 heterocycles. The summed E-state index contributed by atoms with van der Waals surface area (Å²) in [5.74, 6) is -0.897. The molecule has 0 saturated heterocycles. The molecule has 1 aromatic carbocycles. The Labute approximate surface area is 99.4 Å². The van der Waals surface area contributed by atoms with E-state index in [1.165, 1.54) is 0 Å². The average molecular weight is 232 g/mol. The number of fused-ring (bicyclic) bond motifs is 1. The van der Waals surface area contributed by atoms with Gasteiger partial charge in [-0.2, -0.15) is 0 Å². The van der Waals surface area contributed by atoms with Crippen LogP contribution in [0.3, 0.4) is 0 Å². The number of carboxylic acid groups (broad SMARTS) is 1. The fourth-order valence-electron chi connectivity index (χ4n) is 2.08. The van der Waals surface area contributed by atoms with E-state index in [-0.39, 0.29) is 0 Å². The molecule has 0 aliphatic rings. The van der Waals surface area contributed by atoms with Crippen molar-refractivity contribution in [2.75, 3.05) is 6.54 Å². The predicted molar refractivity (Wildman–Crippen MR) is 67.4 cm³/mol. The molecule has 17 heavy (non-hydrogen) atoms. The van der Waals surface area contributed by atoms with E-state index in [0.717, 1.165) is 29.4 Å². The number of H-pyrrole nitrogens is 1. The number of carboxylic acids is 1. The first-order valence-corrected chi connectivity index (χ1v) is 5.73. The number of hydrogen-bond donors (Lipinski definition) is 3. The fraction of sp³-hybridized carbons (Fsp3) is 0.308. The highest BCUT2D eigenvalue weighted by Crippen LogP contribution is 2.24. The van der Waals surface area contributed by atoms with Crippen LogP contribution < -0.4 is 5.73 Å². The highest BCUT2D eigenvalue weighted by molar-refractivity contribution is 6.03. The fourth-order valence-corrected chi connectivity index (χ4v) is 2.08. The number of nitrogens with one attached hydrogen (secondary N) is 1. The van der Waals surface area contributed by atoms with Crippen molar-refractivity contribution in [2.45, 2.75) is 19.8 Å². The smallest absolute Gasteiger partial charge is 0.337 e. The lowest BCUT2D eigenvalue weighted by Gasteiger charge is -2.04. The van der Waals surface area contributed by atoms with Gasteiger partial charge >= 0.3 is 5.97 Å². The summed E-state index contributed by atoms with van der Waals surface area (Å²) in [6, 6.07) is 3.77. The molecule has 0 unspecified atom stereocenters. The van der Waals surface area contributed by atoms with Gasteiger partial charge in [0.05, 0.1) is 11.1 Å². The molecule has 0 fully saturated rings. The summed E-state index contributed by atoms with van der Waals surface area (Å²) in [6.45, 7) is 2.58. The predicted octanol–water partition coefficient (Wildman–Crippen LogP) is 1.93. The largest absolute Gasteiger partial charge is 0.478 e. The molecular formula is C13H16N2O2. The lowest BCUT2D eigenvalue weighted by molar-refractivity contribution is 0.0698. The lowest BCUT2D eigenvalue weighted by Crippen LogP contribution is -2.02. The zero-order chi connectivity index (χ0) is 12.4. The summed E-state index contributed by atoms with van der Waals surface area (Å²) in [7, 11) is 0. The second-order valence-electron chi connectivity index (χ2n) is 4.08. The second-order valence-corrected chi connectivity index (χ2v) is 4.08. The molecule has 4 N–H and O–H groups in total.